The second-order valence-electron chi connectivity index (χ2n) is 8.11. The van der Waals surface area contributed by atoms with Crippen LogP contribution in [0.25, 0.3) is 0 Å². The molecule has 0 spiro atoms. The Labute approximate surface area is 181 Å². The number of ether oxygens (including phenoxy) is 3. The monoisotopic (exact) mass is 430 g/mol. The Morgan fingerprint density at radius 2 is 1.87 bits per heavy atom. The number of hydrogen-bond acceptors (Lipinski definition) is 6. The molecule has 0 bridgehead atoms. The molecule has 4 atom stereocenters. The van der Waals surface area contributed by atoms with Gasteiger partial charge in [0, 0.05) is 32.5 Å². The van der Waals surface area contributed by atoms with Crippen LogP contribution in [0.3, 0.4) is 0 Å². The van der Waals surface area contributed by atoms with Crippen LogP contribution in [0.2, 0.25) is 0 Å². The molecule has 2 amide bonds. The van der Waals surface area contributed by atoms with Gasteiger partial charge in [0.15, 0.2) is 0 Å². The second kappa shape index (κ2) is 15.6. The maximum atomic E-state index is 11.3. The first-order valence-corrected chi connectivity index (χ1v) is 11.4. The van der Waals surface area contributed by atoms with Crippen molar-refractivity contribution in [3.63, 3.8) is 0 Å². The van der Waals surface area contributed by atoms with Crippen molar-refractivity contribution in [3.8, 4) is 0 Å². The van der Waals surface area contributed by atoms with Crippen molar-refractivity contribution in [2.24, 2.45) is 0 Å². The van der Waals surface area contributed by atoms with E-state index in [1.54, 1.807) is 0 Å². The Morgan fingerprint density at radius 3 is 2.17 bits per heavy atom. The van der Waals surface area contributed by atoms with Crippen LogP contribution in [0.15, 0.2) is 0 Å². The van der Waals surface area contributed by atoms with Gasteiger partial charge in [0.05, 0.1) is 44.2 Å². The molecule has 0 aromatic rings. The van der Waals surface area contributed by atoms with E-state index >= 15 is 0 Å². The summed E-state index contributed by atoms with van der Waals surface area (Å²) in [7, 11) is 0. The zero-order chi connectivity index (χ0) is 22.4. The molecule has 0 aliphatic carbocycles. The molecule has 4 rings (SSSR count). The first-order valence-electron chi connectivity index (χ1n) is 11.4. The summed E-state index contributed by atoms with van der Waals surface area (Å²) in [6.45, 7) is 12.8. The zero-order valence-corrected chi connectivity index (χ0v) is 19.2. The number of aliphatic hydroxyl groups excluding tert-OH is 1. The molecular weight excluding hydrogens is 388 g/mol. The third kappa shape index (κ3) is 14.7. The van der Waals surface area contributed by atoms with E-state index < -0.39 is 0 Å². The number of carbonyl (C=O) groups is 2. The number of likely N-dealkylation sites (tertiary alicyclic amines) is 1. The molecule has 0 aromatic heterocycles. The van der Waals surface area contributed by atoms with Crippen molar-refractivity contribution in [2.75, 3.05) is 39.5 Å². The summed E-state index contributed by atoms with van der Waals surface area (Å²) in [5.74, 6) is 0.427. The normalized spacial score (nSPS) is 25.6. The van der Waals surface area contributed by atoms with Crippen LogP contribution in [-0.2, 0) is 23.8 Å². The van der Waals surface area contributed by atoms with Gasteiger partial charge >= 0.3 is 0 Å². The SMILES string of the molecule is CC1CO1.CCC(O)COC(C)CN1CCCC1=O.CCC1CO1.O=C1CCCN1. The Balaban J connectivity index is 0.000000241. The average molecular weight is 431 g/mol. The third-order valence-corrected chi connectivity index (χ3v) is 4.95. The number of amides is 2. The number of hydrogen-bond donors (Lipinski definition) is 2. The Morgan fingerprint density at radius 1 is 1.20 bits per heavy atom. The van der Waals surface area contributed by atoms with Crippen LogP contribution < -0.4 is 5.32 Å². The second-order valence-corrected chi connectivity index (χ2v) is 8.11. The van der Waals surface area contributed by atoms with Crippen LogP contribution in [0.1, 0.15) is 66.2 Å². The number of nitrogens with one attached hydrogen (secondary N) is 1. The topological polar surface area (TPSA) is 104 Å². The van der Waals surface area contributed by atoms with E-state index in [2.05, 4.69) is 19.2 Å². The molecule has 4 saturated heterocycles. The molecule has 4 heterocycles. The van der Waals surface area contributed by atoms with Crippen LogP contribution in [0.5, 0.6) is 0 Å². The largest absolute Gasteiger partial charge is 0.391 e. The first-order chi connectivity index (χ1) is 14.3. The average Bonchev–Trinajstić information content (AvgIpc) is 3.65. The van der Waals surface area contributed by atoms with E-state index in [9.17, 15) is 14.7 Å². The highest BCUT2D eigenvalue weighted by Gasteiger charge is 2.22. The highest BCUT2D eigenvalue weighted by molar-refractivity contribution is 5.78. The van der Waals surface area contributed by atoms with Gasteiger partial charge in [0.2, 0.25) is 11.8 Å². The van der Waals surface area contributed by atoms with Gasteiger partial charge in [-0.05, 0) is 39.5 Å². The van der Waals surface area contributed by atoms with Gasteiger partial charge in [-0.25, -0.2) is 0 Å². The first kappa shape index (κ1) is 26.8. The van der Waals surface area contributed by atoms with Crippen LogP contribution in [0.4, 0.5) is 0 Å². The quantitative estimate of drug-likeness (QED) is 0.598. The van der Waals surface area contributed by atoms with Gasteiger partial charge in [-0.15, -0.1) is 0 Å². The fourth-order valence-corrected chi connectivity index (χ4v) is 2.62. The lowest BCUT2D eigenvalue weighted by atomic mass is 10.3. The van der Waals surface area contributed by atoms with Gasteiger partial charge in [-0.1, -0.05) is 13.8 Å². The predicted octanol–water partition coefficient (Wildman–Crippen LogP) is 1.88. The van der Waals surface area contributed by atoms with Gasteiger partial charge in [-0.3, -0.25) is 9.59 Å². The number of rotatable bonds is 7. The molecule has 2 N–H and O–H groups in total. The molecule has 8 nitrogen and oxygen atoms in total. The molecule has 4 aliphatic heterocycles. The summed E-state index contributed by atoms with van der Waals surface area (Å²) in [5, 5.41) is 12.0. The van der Waals surface area contributed by atoms with Crippen LogP contribution >= 0.6 is 0 Å². The molecule has 0 radical (unpaired) electrons. The fraction of sp³-hybridized carbons (Fsp3) is 0.909. The fourth-order valence-electron chi connectivity index (χ4n) is 2.62. The van der Waals surface area contributed by atoms with Crippen molar-refractivity contribution in [1.29, 1.82) is 0 Å². The smallest absolute Gasteiger partial charge is 0.222 e. The number of epoxide rings is 2. The molecule has 176 valence electrons. The summed E-state index contributed by atoms with van der Waals surface area (Å²) in [5.41, 5.74) is 0. The van der Waals surface area contributed by atoms with Crippen molar-refractivity contribution in [1.82, 2.24) is 10.2 Å². The molecular formula is C22H42N2O6. The predicted molar refractivity (Wildman–Crippen MR) is 115 cm³/mol. The third-order valence-electron chi connectivity index (χ3n) is 4.95. The molecule has 0 saturated carbocycles. The van der Waals surface area contributed by atoms with Gasteiger partial charge in [-0.2, -0.15) is 0 Å². The summed E-state index contributed by atoms with van der Waals surface area (Å²) in [6.07, 6.45) is 6.13. The minimum absolute atomic E-state index is 0.00764. The number of nitrogens with zero attached hydrogens (tertiary/aromatic N) is 1. The van der Waals surface area contributed by atoms with Crippen molar-refractivity contribution >= 4 is 11.8 Å². The Hall–Kier alpha value is -1.22. The number of aliphatic hydroxyl groups is 1. The highest BCUT2D eigenvalue weighted by Crippen LogP contribution is 2.11. The summed E-state index contributed by atoms with van der Waals surface area (Å²) < 4.78 is 15.0. The lowest BCUT2D eigenvalue weighted by molar-refractivity contribution is -0.129. The van der Waals surface area contributed by atoms with Gasteiger partial charge in [0.1, 0.15) is 0 Å². The minimum atomic E-state index is -0.387. The van der Waals surface area contributed by atoms with Crippen molar-refractivity contribution < 1.29 is 28.9 Å². The molecule has 4 fully saturated rings. The van der Waals surface area contributed by atoms with Gasteiger partial charge < -0.3 is 29.5 Å². The summed E-state index contributed by atoms with van der Waals surface area (Å²) in [6, 6.07) is 0. The maximum absolute atomic E-state index is 11.3. The maximum Gasteiger partial charge on any atom is 0.222 e. The van der Waals surface area contributed by atoms with Crippen molar-refractivity contribution in [3.05, 3.63) is 0 Å². The number of carbonyl (C=O) groups excluding carboxylic acids is 2. The standard InChI is InChI=1S/C11H21NO3.C4H7NO.C4H8O.C3H6O/c1-3-10(13)8-15-9(2)7-12-6-4-5-11(12)14;6-4-2-1-3-5-4;1-2-4-3-5-4;1-3-2-4-3/h9-10,13H,3-8H2,1-2H3;1-3H2,(H,5,6);4H,2-3H2,1H3;3H,2H2,1H3. The molecule has 30 heavy (non-hydrogen) atoms. The lowest BCUT2D eigenvalue weighted by Gasteiger charge is -2.22. The van der Waals surface area contributed by atoms with Crippen LogP contribution in [-0.4, -0.2) is 85.7 Å². The van der Waals surface area contributed by atoms with E-state index in [1.807, 2.05) is 18.7 Å². The van der Waals surface area contributed by atoms with E-state index in [-0.39, 0.29) is 24.0 Å². The summed E-state index contributed by atoms with van der Waals surface area (Å²) >= 11 is 0. The van der Waals surface area contributed by atoms with E-state index in [4.69, 9.17) is 14.2 Å². The molecule has 4 unspecified atom stereocenters. The van der Waals surface area contributed by atoms with E-state index in [0.29, 0.717) is 38.2 Å². The minimum Gasteiger partial charge on any atom is -0.391 e. The van der Waals surface area contributed by atoms with E-state index in [1.165, 1.54) is 6.42 Å². The molecule has 4 aliphatic rings. The van der Waals surface area contributed by atoms with Crippen LogP contribution in [0, 0.1) is 0 Å². The lowest BCUT2D eigenvalue weighted by Crippen LogP contribution is -2.34. The Kier molecular flexibility index (Phi) is 13.9. The zero-order valence-electron chi connectivity index (χ0n) is 19.2. The highest BCUT2D eigenvalue weighted by atomic mass is 16.6. The van der Waals surface area contributed by atoms with Gasteiger partial charge in [0.25, 0.3) is 0 Å². The summed E-state index contributed by atoms with van der Waals surface area (Å²) in [4.78, 5) is 23.3. The van der Waals surface area contributed by atoms with E-state index in [0.717, 1.165) is 45.6 Å². The molecule has 0 aromatic carbocycles. The van der Waals surface area contributed by atoms with Crippen molar-refractivity contribution in [2.45, 2.75) is 90.6 Å². The molecule has 8 heteroatoms. The Bertz CT molecular complexity index is 474.